The van der Waals surface area contributed by atoms with Gasteiger partial charge in [-0.25, -0.2) is 4.98 Å². The van der Waals surface area contributed by atoms with Crippen molar-refractivity contribution in [3.8, 4) is 11.5 Å². The van der Waals surface area contributed by atoms with Gasteiger partial charge < -0.3 is 20.1 Å². The second kappa shape index (κ2) is 8.14. The quantitative estimate of drug-likeness (QED) is 0.331. The number of hydrogen-bond acceptors (Lipinski definition) is 6. The van der Waals surface area contributed by atoms with Crippen LogP contribution in [0.5, 0.6) is 11.5 Å². The van der Waals surface area contributed by atoms with Crippen molar-refractivity contribution in [2.75, 3.05) is 17.1 Å². The Balaban J connectivity index is 1.35. The van der Waals surface area contributed by atoms with Gasteiger partial charge in [-0.2, -0.15) is 0 Å². The van der Waals surface area contributed by atoms with Crippen LogP contribution < -0.4 is 14.8 Å². The maximum absolute atomic E-state index is 10.2. The highest BCUT2D eigenvalue weighted by atomic mass is 32.2. The Labute approximate surface area is 167 Å². The molecule has 0 aliphatic heterocycles. The first-order chi connectivity index (χ1) is 13.7. The maximum Gasteiger partial charge on any atom is 0.211 e. The van der Waals surface area contributed by atoms with E-state index < -0.39 is 0 Å². The lowest BCUT2D eigenvalue weighted by Crippen LogP contribution is -2.00. The first-order valence-corrected chi connectivity index (χ1v) is 9.61. The van der Waals surface area contributed by atoms with Crippen LogP contribution in [0.15, 0.2) is 71.6 Å². The molecule has 1 heterocycles. The second-order valence-corrected chi connectivity index (χ2v) is 7.03. The predicted molar refractivity (Wildman–Crippen MR) is 114 cm³/mol. The summed E-state index contributed by atoms with van der Waals surface area (Å²) in [4.78, 5) is 8.80. The van der Waals surface area contributed by atoms with Crippen LogP contribution in [-0.2, 0) is 6.54 Å². The fraction of sp³-hybridized carbons (Fsp3) is 0.0952. The van der Waals surface area contributed by atoms with Gasteiger partial charge in [-0.3, -0.25) is 4.72 Å². The summed E-state index contributed by atoms with van der Waals surface area (Å²) in [6.07, 6.45) is 0. The molecular weight excluding hydrogens is 372 g/mol. The lowest BCUT2D eigenvalue weighted by atomic mass is 10.2. The van der Waals surface area contributed by atoms with Crippen molar-refractivity contribution in [1.29, 1.82) is 0 Å². The van der Waals surface area contributed by atoms with Crippen LogP contribution in [0.3, 0.4) is 0 Å². The van der Waals surface area contributed by atoms with Crippen molar-refractivity contribution in [2.24, 2.45) is 0 Å². The zero-order chi connectivity index (χ0) is 19.3. The van der Waals surface area contributed by atoms with Gasteiger partial charge in [-0.15, -0.1) is 0 Å². The van der Waals surface area contributed by atoms with E-state index in [1.54, 1.807) is 13.2 Å². The maximum atomic E-state index is 10.2. The van der Waals surface area contributed by atoms with E-state index in [2.05, 4.69) is 20.0 Å². The van der Waals surface area contributed by atoms with Crippen LogP contribution in [0.1, 0.15) is 5.56 Å². The molecule has 1 aromatic heterocycles. The number of ether oxygens (including phenoxy) is 1. The second-order valence-electron chi connectivity index (χ2n) is 6.15. The zero-order valence-corrected chi connectivity index (χ0v) is 16.1. The van der Waals surface area contributed by atoms with Crippen LogP contribution in [0.4, 0.5) is 11.6 Å². The molecule has 4 N–H and O–H groups in total. The van der Waals surface area contributed by atoms with Crippen LogP contribution in [0, 0.1) is 0 Å². The molecule has 0 saturated heterocycles. The van der Waals surface area contributed by atoms with Gasteiger partial charge in [0, 0.05) is 22.7 Å². The van der Waals surface area contributed by atoms with E-state index in [1.807, 2.05) is 60.7 Å². The lowest BCUT2D eigenvalue weighted by molar-refractivity contribution is 0.371. The number of nitrogens with zero attached hydrogens (tertiary/aromatic N) is 1. The number of aromatic nitrogens is 2. The summed E-state index contributed by atoms with van der Waals surface area (Å²) in [5.41, 5.74) is 3.69. The molecular formula is C21H20N4O2S. The SMILES string of the molecule is COc1cccc(CNc2ccc(SNc3nc4ccccc4[nH]3)cc2)c1O. The third-order valence-electron chi connectivity index (χ3n) is 4.29. The van der Waals surface area contributed by atoms with Crippen LogP contribution in [0.2, 0.25) is 0 Å². The molecule has 3 aromatic carbocycles. The van der Waals surface area contributed by atoms with Gasteiger partial charge in [0.25, 0.3) is 0 Å². The summed E-state index contributed by atoms with van der Waals surface area (Å²) in [5, 5.41) is 13.5. The van der Waals surface area contributed by atoms with Gasteiger partial charge in [0.05, 0.1) is 18.1 Å². The van der Waals surface area contributed by atoms with E-state index >= 15 is 0 Å². The minimum absolute atomic E-state index is 0.166. The molecule has 28 heavy (non-hydrogen) atoms. The monoisotopic (exact) mass is 392 g/mol. The van der Waals surface area contributed by atoms with Crippen molar-refractivity contribution >= 4 is 34.6 Å². The highest BCUT2D eigenvalue weighted by Gasteiger charge is 2.07. The van der Waals surface area contributed by atoms with Crippen molar-refractivity contribution in [3.63, 3.8) is 0 Å². The number of methoxy groups -OCH3 is 1. The van der Waals surface area contributed by atoms with Crippen LogP contribution in [0.25, 0.3) is 11.0 Å². The molecule has 0 radical (unpaired) electrons. The standard InChI is InChI=1S/C21H20N4O2S/c1-27-19-8-4-5-14(20(19)26)13-22-15-9-11-16(12-10-15)28-25-21-23-17-6-2-3-7-18(17)24-21/h2-12,22,26H,13H2,1H3,(H2,23,24,25). The molecule has 142 valence electrons. The summed E-state index contributed by atoms with van der Waals surface area (Å²) in [6, 6.07) is 21.4. The number of rotatable bonds is 7. The molecule has 0 saturated carbocycles. The number of aromatic hydroxyl groups is 1. The van der Waals surface area contributed by atoms with Crippen molar-refractivity contribution in [1.82, 2.24) is 9.97 Å². The fourth-order valence-electron chi connectivity index (χ4n) is 2.82. The van der Waals surface area contributed by atoms with Crippen molar-refractivity contribution in [2.45, 2.75) is 11.4 Å². The number of phenols is 1. The summed E-state index contributed by atoms with van der Waals surface area (Å²) in [5.74, 6) is 1.37. The number of nitrogens with one attached hydrogen (secondary N) is 3. The number of phenolic OH excluding ortho intramolecular Hbond substituents is 1. The average molecular weight is 392 g/mol. The van der Waals surface area contributed by atoms with E-state index in [9.17, 15) is 5.11 Å². The first kappa shape index (κ1) is 18.1. The molecule has 4 rings (SSSR count). The summed E-state index contributed by atoms with van der Waals surface area (Å²) in [7, 11) is 1.54. The lowest BCUT2D eigenvalue weighted by Gasteiger charge is -2.11. The smallest absolute Gasteiger partial charge is 0.211 e. The Hall–Kier alpha value is -3.32. The molecule has 0 aliphatic carbocycles. The fourth-order valence-corrected chi connectivity index (χ4v) is 3.41. The number of fused-ring (bicyclic) bond motifs is 1. The largest absolute Gasteiger partial charge is 0.504 e. The Morgan fingerprint density at radius 2 is 1.86 bits per heavy atom. The number of para-hydroxylation sites is 3. The van der Waals surface area contributed by atoms with E-state index in [1.165, 1.54) is 11.9 Å². The third kappa shape index (κ3) is 3.99. The average Bonchev–Trinajstić information content (AvgIpc) is 3.15. The van der Waals surface area contributed by atoms with E-state index in [0.717, 1.165) is 33.1 Å². The number of aromatic amines is 1. The Kier molecular flexibility index (Phi) is 5.25. The van der Waals surface area contributed by atoms with E-state index in [-0.39, 0.29) is 5.75 Å². The van der Waals surface area contributed by atoms with Gasteiger partial charge in [-0.1, -0.05) is 24.3 Å². The molecule has 0 bridgehead atoms. The summed E-state index contributed by atoms with van der Waals surface area (Å²) < 4.78 is 8.37. The topological polar surface area (TPSA) is 82.2 Å². The molecule has 4 aromatic rings. The molecule has 0 spiro atoms. The van der Waals surface area contributed by atoms with Gasteiger partial charge in [0.15, 0.2) is 11.5 Å². The Bertz CT molecular complexity index is 1050. The normalized spacial score (nSPS) is 10.8. The van der Waals surface area contributed by atoms with Gasteiger partial charge in [-0.05, 0) is 54.4 Å². The number of benzene rings is 3. The van der Waals surface area contributed by atoms with E-state index in [4.69, 9.17) is 4.74 Å². The number of H-pyrrole nitrogens is 1. The van der Waals surface area contributed by atoms with Gasteiger partial charge >= 0.3 is 0 Å². The molecule has 0 unspecified atom stereocenters. The van der Waals surface area contributed by atoms with Gasteiger partial charge in [0.2, 0.25) is 5.95 Å². The molecule has 0 atom stereocenters. The van der Waals surface area contributed by atoms with E-state index in [0.29, 0.717) is 12.3 Å². The molecule has 0 fully saturated rings. The molecule has 0 aliphatic rings. The Morgan fingerprint density at radius 3 is 2.64 bits per heavy atom. The van der Waals surface area contributed by atoms with Crippen LogP contribution >= 0.6 is 11.9 Å². The summed E-state index contributed by atoms with van der Waals surface area (Å²) in [6.45, 7) is 0.507. The highest BCUT2D eigenvalue weighted by Crippen LogP contribution is 2.30. The number of hydrogen-bond donors (Lipinski definition) is 4. The minimum Gasteiger partial charge on any atom is -0.504 e. The number of anilines is 2. The molecule has 0 amide bonds. The third-order valence-corrected chi connectivity index (χ3v) is 5.10. The first-order valence-electron chi connectivity index (χ1n) is 8.79. The van der Waals surface area contributed by atoms with Crippen molar-refractivity contribution < 1.29 is 9.84 Å². The summed E-state index contributed by atoms with van der Waals surface area (Å²) >= 11 is 1.49. The zero-order valence-electron chi connectivity index (χ0n) is 15.3. The van der Waals surface area contributed by atoms with Crippen molar-refractivity contribution in [3.05, 3.63) is 72.3 Å². The van der Waals surface area contributed by atoms with Gasteiger partial charge in [0.1, 0.15) is 0 Å². The molecule has 7 heteroatoms. The minimum atomic E-state index is 0.166. The molecule has 6 nitrogen and oxygen atoms in total. The Morgan fingerprint density at radius 1 is 1.04 bits per heavy atom. The number of imidazole rings is 1. The van der Waals surface area contributed by atoms with Crippen LogP contribution in [-0.4, -0.2) is 22.2 Å². The highest BCUT2D eigenvalue weighted by molar-refractivity contribution is 8.00. The predicted octanol–water partition coefficient (Wildman–Crippen LogP) is 5.01.